The average Bonchev–Trinajstić information content (AvgIpc) is 3.33. The summed E-state index contributed by atoms with van der Waals surface area (Å²) in [5.41, 5.74) is 8.02. The van der Waals surface area contributed by atoms with Crippen LogP contribution in [-0.4, -0.2) is 51.2 Å². The summed E-state index contributed by atoms with van der Waals surface area (Å²) in [6.07, 6.45) is 0.00232. The first kappa shape index (κ1) is 19.0. The zero-order valence-electron chi connectivity index (χ0n) is 16.4. The van der Waals surface area contributed by atoms with Gasteiger partial charge in [0.2, 0.25) is 11.8 Å². The number of fused-ring (bicyclic) bond motifs is 3. The van der Waals surface area contributed by atoms with E-state index in [1.54, 1.807) is 12.1 Å². The van der Waals surface area contributed by atoms with Gasteiger partial charge in [-0.15, -0.1) is 0 Å². The summed E-state index contributed by atoms with van der Waals surface area (Å²) in [5.74, 6) is -1.18. The lowest BCUT2D eigenvalue weighted by molar-refractivity contribution is -0.142. The van der Waals surface area contributed by atoms with Crippen LogP contribution >= 0.6 is 0 Å². The second-order valence-corrected chi connectivity index (χ2v) is 8.43. The van der Waals surface area contributed by atoms with Crippen molar-refractivity contribution < 1.29 is 14.7 Å². The molecule has 7 heteroatoms. The highest BCUT2D eigenvalue weighted by Gasteiger charge is 2.63. The molecule has 5 atom stereocenters. The van der Waals surface area contributed by atoms with Gasteiger partial charge in [-0.3, -0.25) is 24.8 Å². The molecule has 0 saturated carbocycles. The molecule has 2 amide bonds. The molecule has 0 radical (unpaired) electrons. The number of carbonyl (C=O) groups is 2. The van der Waals surface area contributed by atoms with Gasteiger partial charge in [0.25, 0.3) is 0 Å². The maximum atomic E-state index is 13.4. The SMILES string of the molecule is N=C(N)c1ccc([C@@H]2[C@@H]3C(=O)N(Cc4ccccc4)C(=O)[C@@H]3[C@H]3C[C@H](O)CN32)cc1. The third kappa shape index (κ3) is 2.85. The van der Waals surface area contributed by atoms with Gasteiger partial charge in [-0.2, -0.15) is 0 Å². The summed E-state index contributed by atoms with van der Waals surface area (Å²) in [6, 6.07) is 16.4. The minimum absolute atomic E-state index is 0.0125. The fourth-order valence-electron chi connectivity index (χ4n) is 5.44. The molecule has 7 nitrogen and oxygen atoms in total. The van der Waals surface area contributed by atoms with Crippen molar-refractivity contribution in [3.63, 3.8) is 0 Å². The molecule has 154 valence electrons. The second-order valence-electron chi connectivity index (χ2n) is 8.43. The topological polar surface area (TPSA) is 111 Å². The van der Waals surface area contributed by atoms with Crippen molar-refractivity contribution >= 4 is 17.6 Å². The van der Waals surface area contributed by atoms with Crippen LogP contribution < -0.4 is 5.73 Å². The number of benzene rings is 2. The van der Waals surface area contributed by atoms with Crippen molar-refractivity contribution in [1.82, 2.24) is 9.80 Å². The Hall–Kier alpha value is -3.03. The molecule has 0 spiro atoms. The normalized spacial score (nSPS) is 30.6. The van der Waals surface area contributed by atoms with Crippen LogP contribution in [-0.2, 0) is 16.1 Å². The first-order valence-electron chi connectivity index (χ1n) is 10.2. The molecule has 3 saturated heterocycles. The van der Waals surface area contributed by atoms with E-state index in [0.29, 0.717) is 18.5 Å². The van der Waals surface area contributed by atoms with Crippen molar-refractivity contribution in [2.24, 2.45) is 17.6 Å². The number of aliphatic hydroxyl groups is 1. The van der Waals surface area contributed by atoms with Gasteiger partial charge >= 0.3 is 0 Å². The molecule has 30 heavy (non-hydrogen) atoms. The standard InChI is InChI=1S/C23H24N4O3/c24-21(25)15-8-6-14(7-9-15)20-19-18(17-10-16(28)12-26(17)20)22(29)27(23(19)30)11-13-4-2-1-3-5-13/h1-9,16-20,28H,10-12H2,(H3,24,25)/t16-,17+,18+,19+,20+/m0/s1. The van der Waals surface area contributed by atoms with Gasteiger partial charge in [0, 0.05) is 24.2 Å². The van der Waals surface area contributed by atoms with E-state index in [1.807, 2.05) is 42.5 Å². The lowest BCUT2D eigenvalue weighted by atomic mass is 9.85. The predicted octanol–water partition coefficient (Wildman–Crippen LogP) is 1.26. The zero-order valence-corrected chi connectivity index (χ0v) is 16.4. The number of hydrogen-bond donors (Lipinski definition) is 3. The van der Waals surface area contributed by atoms with E-state index < -0.39 is 17.9 Å². The van der Waals surface area contributed by atoms with Crippen molar-refractivity contribution in [2.45, 2.75) is 31.2 Å². The molecule has 3 aliphatic heterocycles. The quantitative estimate of drug-likeness (QED) is 0.404. The number of nitrogen functional groups attached to an aromatic ring is 1. The number of hydrogen-bond acceptors (Lipinski definition) is 5. The van der Waals surface area contributed by atoms with Crippen molar-refractivity contribution in [3.05, 3.63) is 71.3 Å². The summed E-state index contributed by atoms with van der Waals surface area (Å²) < 4.78 is 0. The first-order chi connectivity index (χ1) is 14.5. The Balaban J connectivity index is 1.51. The lowest BCUT2D eigenvalue weighted by Crippen LogP contribution is -2.39. The fraction of sp³-hybridized carbons (Fsp3) is 0.348. The van der Waals surface area contributed by atoms with Gasteiger partial charge in [-0.25, -0.2) is 0 Å². The van der Waals surface area contributed by atoms with E-state index in [9.17, 15) is 14.7 Å². The van der Waals surface area contributed by atoms with Gasteiger partial charge in [0.15, 0.2) is 0 Å². The highest BCUT2D eigenvalue weighted by molar-refractivity contribution is 6.06. The number of rotatable bonds is 4. The van der Waals surface area contributed by atoms with E-state index >= 15 is 0 Å². The van der Waals surface area contributed by atoms with Crippen LogP contribution in [0.1, 0.15) is 29.2 Å². The summed E-state index contributed by atoms with van der Waals surface area (Å²) in [5, 5.41) is 17.9. The molecule has 5 rings (SSSR count). The Kier molecular flexibility index (Phi) is 4.45. The molecule has 2 aromatic carbocycles. The summed E-state index contributed by atoms with van der Waals surface area (Å²) in [6.45, 7) is 0.729. The van der Waals surface area contributed by atoms with Crippen molar-refractivity contribution in [3.8, 4) is 0 Å². The third-order valence-corrected chi connectivity index (χ3v) is 6.71. The van der Waals surface area contributed by atoms with Crippen molar-refractivity contribution in [1.29, 1.82) is 5.41 Å². The van der Waals surface area contributed by atoms with Crippen LogP contribution in [0.3, 0.4) is 0 Å². The molecule has 0 aromatic heterocycles. The Morgan fingerprint density at radius 1 is 1.03 bits per heavy atom. The number of amides is 2. The van der Waals surface area contributed by atoms with Gasteiger partial charge in [0.1, 0.15) is 5.84 Å². The van der Waals surface area contributed by atoms with Crippen LogP contribution in [0.4, 0.5) is 0 Å². The Labute approximate surface area is 174 Å². The molecule has 0 aliphatic carbocycles. The van der Waals surface area contributed by atoms with Gasteiger partial charge in [-0.1, -0.05) is 54.6 Å². The van der Waals surface area contributed by atoms with Gasteiger partial charge in [-0.05, 0) is 17.5 Å². The molecular weight excluding hydrogens is 380 g/mol. The number of nitrogens with zero attached hydrogens (tertiary/aromatic N) is 2. The number of carbonyl (C=O) groups excluding carboxylic acids is 2. The van der Waals surface area contributed by atoms with Gasteiger partial charge < -0.3 is 10.8 Å². The maximum Gasteiger partial charge on any atom is 0.235 e. The number of imide groups is 1. The molecule has 0 bridgehead atoms. The van der Waals surface area contributed by atoms with E-state index in [2.05, 4.69) is 4.90 Å². The van der Waals surface area contributed by atoms with Crippen LogP contribution in [0.15, 0.2) is 54.6 Å². The number of nitrogens with two attached hydrogens (primary N) is 1. The Morgan fingerprint density at radius 3 is 2.37 bits per heavy atom. The Bertz CT molecular complexity index is 1010. The number of likely N-dealkylation sites (tertiary alicyclic amines) is 1. The van der Waals surface area contributed by atoms with E-state index in [0.717, 1.165) is 11.1 Å². The third-order valence-electron chi connectivity index (χ3n) is 6.71. The van der Waals surface area contributed by atoms with Gasteiger partial charge in [0.05, 0.1) is 24.5 Å². The predicted molar refractivity (Wildman–Crippen MR) is 110 cm³/mol. The molecule has 3 heterocycles. The van der Waals surface area contributed by atoms with E-state index in [4.69, 9.17) is 11.1 Å². The van der Waals surface area contributed by atoms with E-state index in [-0.39, 0.29) is 36.3 Å². The molecule has 2 aromatic rings. The molecule has 3 aliphatic rings. The maximum absolute atomic E-state index is 13.4. The molecule has 0 unspecified atom stereocenters. The number of amidine groups is 1. The second kappa shape index (κ2) is 7.04. The van der Waals surface area contributed by atoms with Crippen LogP contribution in [0.2, 0.25) is 0 Å². The van der Waals surface area contributed by atoms with Crippen LogP contribution in [0, 0.1) is 17.2 Å². The van der Waals surface area contributed by atoms with Crippen LogP contribution in [0.25, 0.3) is 0 Å². The highest BCUT2D eigenvalue weighted by atomic mass is 16.3. The number of nitrogens with one attached hydrogen (secondary N) is 1. The smallest absolute Gasteiger partial charge is 0.235 e. The number of aliphatic hydroxyl groups excluding tert-OH is 1. The summed E-state index contributed by atoms with van der Waals surface area (Å²) in [4.78, 5) is 30.3. The minimum Gasteiger partial charge on any atom is -0.392 e. The monoisotopic (exact) mass is 404 g/mol. The van der Waals surface area contributed by atoms with Crippen LogP contribution in [0.5, 0.6) is 0 Å². The summed E-state index contributed by atoms with van der Waals surface area (Å²) >= 11 is 0. The highest BCUT2D eigenvalue weighted by Crippen LogP contribution is 2.53. The molecular formula is C23H24N4O3. The van der Waals surface area contributed by atoms with Crippen molar-refractivity contribution in [2.75, 3.05) is 6.54 Å². The lowest BCUT2D eigenvalue weighted by Gasteiger charge is -2.29. The largest absolute Gasteiger partial charge is 0.392 e. The first-order valence-corrected chi connectivity index (χ1v) is 10.2. The fourth-order valence-corrected chi connectivity index (χ4v) is 5.44. The average molecular weight is 404 g/mol. The summed E-state index contributed by atoms with van der Waals surface area (Å²) in [7, 11) is 0. The Morgan fingerprint density at radius 2 is 1.70 bits per heavy atom. The molecule has 4 N–H and O–H groups in total. The van der Waals surface area contributed by atoms with E-state index in [1.165, 1.54) is 4.90 Å². The zero-order chi connectivity index (χ0) is 21.0. The molecule has 3 fully saturated rings. The minimum atomic E-state index is -0.499.